The number of hydrazine groups is 1. The summed E-state index contributed by atoms with van der Waals surface area (Å²) in [6, 6.07) is 0. The third-order valence-corrected chi connectivity index (χ3v) is 8.19. The topological polar surface area (TPSA) is 90.7 Å². The van der Waals surface area contributed by atoms with E-state index in [1.165, 1.54) is 0 Å². The van der Waals surface area contributed by atoms with Crippen LogP contribution in [-0.4, -0.2) is 64.0 Å². The zero-order chi connectivity index (χ0) is 21.1. The molecule has 0 amide bonds. The first-order valence-corrected chi connectivity index (χ1v) is 11.4. The van der Waals surface area contributed by atoms with E-state index in [2.05, 4.69) is 27.5 Å². The zero-order valence-electron chi connectivity index (χ0n) is 17.4. The molecule has 1 aromatic heterocycles. The maximum atomic E-state index is 13.3. The Bertz CT molecular complexity index is 896. The molecule has 6 rings (SSSR count). The molecule has 0 radical (unpaired) electrons. The van der Waals surface area contributed by atoms with E-state index in [-0.39, 0.29) is 22.4 Å². The van der Waals surface area contributed by atoms with Crippen molar-refractivity contribution >= 4 is 23.3 Å². The molecule has 4 atom stereocenters. The summed E-state index contributed by atoms with van der Waals surface area (Å²) in [4.78, 5) is 27.1. The average molecular weight is 436 g/mol. The van der Waals surface area contributed by atoms with Gasteiger partial charge in [-0.2, -0.15) is 5.10 Å². The summed E-state index contributed by atoms with van der Waals surface area (Å²) in [5.41, 5.74) is 2.95. The predicted molar refractivity (Wildman–Crippen MR) is 114 cm³/mol. The van der Waals surface area contributed by atoms with Crippen LogP contribution in [0.15, 0.2) is 11.0 Å². The molecule has 8 nitrogen and oxygen atoms in total. The number of carboxylic acids is 1. The van der Waals surface area contributed by atoms with Crippen molar-refractivity contribution in [3.8, 4) is 0 Å². The number of aromatic nitrogens is 2. The van der Waals surface area contributed by atoms with E-state index in [1.54, 1.807) is 10.9 Å². The minimum absolute atomic E-state index is 0.173. The van der Waals surface area contributed by atoms with Crippen molar-refractivity contribution in [2.75, 3.05) is 38.7 Å². The lowest BCUT2D eigenvalue weighted by Crippen LogP contribution is -2.59. The molecule has 1 saturated heterocycles. The lowest BCUT2D eigenvalue weighted by Gasteiger charge is -2.61. The van der Waals surface area contributed by atoms with Gasteiger partial charge in [-0.05, 0) is 62.8 Å². The number of likely N-dealkylation sites (N-methyl/N-ethyl adjacent to an activating group) is 1. The SMILES string of the molecule is CN1CCN(Nc2cnn(C34C[C@@H]5C[C@@H](CC(CC(=O)O)(C5)C3)C4)c(=O)c2Cl)CC1. The fourth-order valence-electron chi connectivity index (χ4n) is 7.11. The number of carbonyl (C=O) groups is 1. The lowest BCUT2D eigenvalue weighted by atomic mass is 9.46. The van der Waals surface area contributed by atoms with Crippen LogP contribution in [0, 0.1) is 17.3 Å². The van der Waals surface area contributed by atoms with Gasteiger partial charge in [0.25, 0.3) is 5.56 Å². The maximum absolute atomic E-state index is 13.3. The van der Waals surface area contributed by atoms with Gasteiger partial charge < -0.3 is 15.4 Å². The van der Waals surface area contributed by atoms with Crippen LogP contribution in [0.4, 0.5) is 5.69 Å². The number of anilines is 1. The Morgan fingerprint density at radius 1 is 1.23 bits per heavy atom. The standard InChI is InChI=1S/C21H30ClN5O3/c1-25-2-4-26(5-3-25)24-16-12-23-27(19(30)18(16)22)21-9-14-6-15(10-21)8-20(7-14,13-21)11-17(28)29/h12,14-15,24H,2-11,13H2,1H3,(H,28,29)/t14-,15+,20?,21?. The second-order valence-corrected chi connectivity index (χ2v) is 10.6. The number of piperazine rings is 1. The van der Waals surface area contributed by atoms with Crippen LogP contribution in [0.3, 0.4) is 0 Å². The van der Waals surface area contributed by atoms with E-state index < -0.39 is 11.5 Å². The van der Waals surface area contributed by atoms with E-state index in [0.717, 1.165) is 58.3 Å². The first kappa shape index (κ1) is 20.3. The summed E-state index contributed by atoms with van der Waals surface area (Å²) in [7, 11) is 2.09. The van der Waals surface area contributed by atoms with Crippen LogP contribution in [0.25, 0.3) is 0 Å². The highest BCUT2D eigenvalue weighted by atomic mass is 35.5. The largest absolute Gasteiger partial charge is 0.481 e. The molecule has 1 aromatic rings. The number of aliphatic carboxylic acids is 1. The first-order valence-electron chi connectivity index (χ1n) is 11.0. The third-order valence-electron chi connectivity index (χ3n) is 7.83. The van der Waals surface area contributed by atoms with Crippen LogP contribution in [-0.2, 0) is 10.3 Å². The number of hydrogen-bond donors (Lipinski definition) is 2. The minimum atomic E-state index is -0.739. The van der Waals surface area contributed by atoms with Crippen LogP contribution in [0.5, 0.6) is 0 Å². The van der Waals surface area contributed by atoms with Gasteiger partial charge in [0.05, 0.1) is 23.8 Å². The molecule has 4 saturated carbocycles. The van der Waals surface area contributed by atoms with Crippen LogP contribution < -0.4 is 11.0 Å². The molecule has 164 valence electrons. The van der Waals surface area contributed by atoms with Gasteiger partial charge in [0, 0.05) is 26.2 Å². The summed E-state index contributed by atoms with van der Waals surface area (Å²) < 4.78 is 1.61. The van der Waals surface area contributed by atoms with Gasteiger partial charge in [0.2, 0.25) is 0 Å². The molecule has 9 heteroatoms. The minimum Gasteiger partial charge on any atom is -0.481 e. The molecule has 5 fully saturated rings. The van der Waals surface area contributed by atoms with E-state index in [4.69, 9.17) is 11.6 Å². The number of hydrogen-bond acceptors (Lipinski definition) is 6. The molecule has 0 spiro atoms. The fraction of sp³-hybridized carbons (Fsp3) is 0.762. The Hall–Kier alpha value is -1.64. The number of halogens is 1. The maximum Gasteiger partial charge on any atom is 0.303 e. The average Bonchev–Trinajstić information content (AvgIpc) is 2.65. The molecule has 4 bridgehead atoms. The zero-order valence-corrected chi connectivity index (χ0v) is 18.2. The van der Waals surface area contributed by atoms with Crippen molar-refractivity contribution in [1.29, 1.82) is 0 Å². The van der Waals surface area contributed by atoms with Crippen LogP contribution >= 0.6 is 11.6 Å². The monoisotopic (exact) mass is 435 g/mol. The Kier molecular flexibility index (Phi) is 4.87. The number of nitrogens with zero attached hydrogens (tertiary/aromatic N) is 4. The van der Waals surface area contributed by atoms with E-state index in [1.807, 2.05) is 0 Å². The smallest absolute Gasteiger partial charge is 0.303 e. The van der Waals surface area contributed by atoms with Crippen LogP contribution in [0.1, 0.15) is 44.9 Å². The predicted octanol–water partition coefficient (Wildman–Crippen LogP) is 2.24. The molecule has 1 aliphatic heterocycles. The van der Waals surface area contributed by atoms with Gasteiger partial charge in [-0.25, -0.2) is 9.69 Å². The highest BCUT2D eigenvalue weighted by Gasteiger charge is 2.59. The molecule has 0 aromatic carbocycles. The molecule has 30 heavy (non-hydrogen) atoms. The van der Waals surface area contributed by atoms with Gasteiger partial charge in [-0.3, -0.25) is 9.59 Å². The summed E-state index contributed by atoms with van der Waals surface area (Å²) in [6.07, 6.45) is 7.45. The van der Waals surface area contributed by atoms with Gasteiger partial charge in [-0.15, -0.1) is 0 Å². The number of rotatable bonds is 5. The second kappa shape index (κ2) is 7.21. The van der Waals surface area contributed by atoms with Crippen molar-refractivity contribution in [2.45, 2.75) is 50.5 Å². The summed E-state index contributed by atoms with van der Waals surface area (Å²) >= 11 is 6.54. The number of carboxylic acid groups (broad SMARTS) is 1. The van der Waals surface area contributed by atoms with Gasteiger partial charge in [0.1, 0.15) is 5.02 Å². The van der Waals surface area contributed by atoms with Crippen molar-refractivity contribution in [3.05, 3.63) is 21.6 Å². The fourth-order valence-corrected chi connectivity index (χ4v) is 7.29. The van der Waals surface area contributed by atoms with Crippen molar-refractivity contribution in [2.24, 2.45) is 17.3 Å². The molecule has 2 heterocycles. The third kappa shape index (κ3) is 3.42. The first-order chi connectivity index (χ1) is 14.3. The Labute approximate surface area is 181 Å². The Balaban J connectivity index is 1.43. The number of nitrogens with one attached hydrogen (secondary N) is 1. The van der Waals surface area contributed by atoms with Gasteiger partial charge >= 0.3 is 5.97 Å². The van der Waals surface area contributed by atoms with Gasteiger partial charge in [0.15, 0.2) is 0 Å². The molecule has 2 N–H and O–H groups in total. The molecular formula is C21H30ClN5O3. The normalized spacial score (nSPS) is 36.2. The quantitative estimate of drug-likeness (QED) is 0.732. The Morgan fingerprint density at radius 2 is 1.90 bits per heavy atom. The lowest BCUT2D eigenvalue weighted by molar-refractivity contribution is -0.151. The molecule has 4 aliphatic carbocycles. The highest BCUT2D eigenvalue weighted by Crippen LogP contribution is 2.65. The molecule has 5 aliphatic rings. The van der Waals surface area contributed by atoms with Crippen molar-refractivity contribution in [3.63, 3.8) is 0 Å². The summed E-state index contributed by atoms with van der Waals surface area (Å²) in [5, 5.41) is 16.3. The van der Waals surface area contributed by atoms with Crippen molar-refractivity contribution in [1.82, 2.24) is 19.7 Å². The Morgan fingerprint density at radius 3 is 2.53 bits per heavy atom. The van der Waals surface area contributed by atoms with Crippen LogP contribution in [0.2, 0.25) is 5.02 Å². The van der Waals surface area contributed by atoms with Gasteiger partial charge in [-0.1, -0.05) is 11.6 Å². The molecule has 2 unspecified atom stereocenters. The van der Waals surface area contributed by atoms with E-state index in [0.29, 0.717) is 23.9 Å². The van der Waals surface area contributed by atoms with E-state index >= 15 is 0 Å². The summed E-state index contributed by atoms with van der Waals surface area (Å²) in [5.74, 6) is 0.208. The molecular weight excluding hydrogens is 406 g/mol. The van der Waals surface area contributed by atoms with Crippen molar-refractivity contribution < 1.29 is 9.90 Å². The second-order valence-electron chi connectivity index (χ2n) is 10.2. The van der Waals surface area contributed by atoms with E-state index in [9.17, 15) is 14.7 Å². The summed E-state index contributed by atoms with van der Waals surface area (Å²) in [6.45, 7) is 3.60. The highest BCUT2D eigenvalue weighted by molar-refractivity contribution is 6.32.